The third-order valence-corrected chi connectivity index (χ3v) is 5.28. The first-order valence-corrected chi connectivity index (χ1v) is 9.80. The minimum Gasteiger partial charge on any atom is -0.348 e. The van der Waals surface area contributed by atoms with Gasteiger partial charge in [-0.3, -0.25) is 9.59 Å². The Morgan fingerprint density at radius 2 is 1.93 bits per heavy atom. The molecule has 2 aromatic heterocycles. The highest BCUT2D eigenvalue weighted by Gasteiger charge is 2.21. The minimum absolute atomic E-state index is 0.0604. The van der Waals surface area contributed by atoms with Crippen LogP contribution >= 0.6 is 0 Å². The summed E-state index contributed by atoms with van der Waals surface area (Å²) in [6.07, 6.45) is 10.9. The molecular weight excluding hydrogens is 352 g/mol. The number of nitrogens with one attached hydrogen (secondary N) is 2. The third-order valence-electron chi connectivity index (χ3n) is 5.28. The zero-order chi connectivity index (χ0) is 19.3. The van der Waals surface area contributed by atoms with Crippen LogP contribution < -0.4 is 10.6 Å². The molecule has 0 bridgehead atoms. The Balaban J connectivity index is 1.37. The van der Waals surface area contributed by atoms with Crippen molar-refractivity contribution in [2.24, 2.45) is 5.92 Å². The van der Waals surface area contributed by atoms with Crippen molar-refractivity contribution in [1.29, 1.82) is 0 Å². The number of anilines is 1. The van der Waals surface area contributed by atoms with Crippen LogP contribution in [0.5, 0.6) is 0 Å². The number of rotatable bonds is 5. The maximum Gasteiger partial charge on any atom is 0.251 e. The lowest BCUT2D eigenvalue weighted by Crippen LogP contribution is -2.25. The van der Waals surface area contributed by atoms with Crippen molar-refractivity contribution >= 4 is 23.1 Å². The predicted molar refractivity (Wildman–Crippen MR) is 108 cm³/mol. The summed E-state index contributed by atoms with van der Waals surface area (Å²) in [6.45, 7) is 0.418. The van der Waals surface area contributed by atoms with Gasteiger partial charge in [0.25, 0.3) is 5.91 Å². The lowest BCUT2D eigenvalue weighted by molar-refractivity contribution is -0.120. The normalized spacial score (nSPS) is 14.7. The molecule has 0 unspecified atom stereocenters. The van der Waals surface area contributed by atoms with E-state index in [-0.39, 0.29) is 17.7 Å². The summed E-state index contributed by atoms with van der Waals surface area (Å²) in [6, 6.07) is 11.0. The second-order valence-corrected chi connectivity index (χ2v) is 7.32. The molecule has 0 radical (unpaired) electrons. The van der Waals surface area contributed by atoms with Crippen LogP contribution in [-0.4, -0.2) is 21.2 Å². The number of carbonyl (C=O) groups excluding carboxylic acids is 2. The quantitative estimate of drug-likeness (QED) is 0.711. The average Bonchev–Trinajstić information content (AvgIpc) is 3.20. The molecule has 6 heteroatoms. The molecule has 0 spiro atoms. The lowest BCUT2D eigenvalue weighted by atomic mass is 9.88. The van der Waals surface area contributed by atoms with Gasteiger partial charge < -0.3 is 15.0 Å². The smallest absolute Gasteiger partial charge is 0.251 e. The number of aromatic nitrogens is 2. The number of fused-ring (bicyclic) bond motifs is 1. The highest BCUT2D eigenvalue weighted by Crippen LogP contribution is 2.25. The van der Waals surface area contributed by atoms with E-state index in [4.69, 9.17) is 0 Å². The Morgan fingerprint density at radius 1 is 1.07 bits per heavy atom. The Labute approximate surface area is 164 Å². The van der Waals surface area contributed by atoms with E-state index in [0.29, 0.717) is 17.8 Å². The number of amides is 2. The van der Waals surface area contributed by atoms with Gasteiger partial charge in [0.15, 0.2) is 0 Å². The maximum atomic E-state index is 12.5. The fourth-order valence-electron chi connectivity index (χ4n) is 3.69. The van der Waals surface area contributed by atoms with E-state index in [1.54, 1.807) is 24.4 Å². The van der Waals surface area contributed by atoms with E-state index in [2.05, 4.69) is 15.6 Å². The Bertz CT molecular complexity index is 989. The van der Waals surface area contributed by atoms with Gasteiger partial charge in [-0.25, -0.2) is 4.98 Å². The molecule has 1 saturated carbocycles. The molecule has 4 rings (SSSR count). The minimum atomic E-state index is -0.169. The molecule has 0 aliphatic heterocycles. The van der Waals surface area contributed by atoms with Gasteiger partial charge in [-0.05, 0) is 48.7 Å². The topological polar surface area (TPSA) is 75.5 Å². The largest absolute Gasteiger partial charge is 0.348 e. The van der Waals surface area contributed by atoms with Crippen LogP contribution in [0.2, 0.25) is 0 Å². The summed E-state index contributed by atoms with van der Waals surface area (Å²) < 4.78 is 1.92. The molecule has 28 heavy (non-hydrogen) atoms. The number of hydrogen-bond donors (Lipinski definition) is 2. The van der Waals surface area contributed by atoms with E-state index in [0.717, 1.165) is 36.9 Å². The summed E-state index contributed by atoms with van der Waals surface area (Å²) in [7, 11) is 0. The van der Waals surface area contributed by atoms with Crippen molar-refractivity contribution in [2.75, 3.05) is 5.32 Å². The molecule has 0 saturated heterocycles. The molecule has 1 fully saturated rings. The van der Waals surface area contributed by atoms with Crippen LogP contribution in [0.1, 0.15) is 48.0 Å². The van der Waals surface area contributed by atoms with Crippen LogP contribution in [0.15, 0.2) is 55.0 Å². The van der Waals surface area contributed by atoms with Gasteiger partial charge in [0, 0.05) is 42.3 Å². The van der Waals surface area contributed by atoms with Crippen molar-refractivity contribution in [2.45, 2.75) is 38.6 Å². The van der Waals surface area contributed by atoms with Gasteiger partial charge in [0.1, 0.15) is 5.65 Å². The highest BCUT2D eigenvalue weighted by molar-refractivity contribution is 5.97. The first-order valence-electron chi connectivity index (χ1n) is 9.80. The summed E-state index contributed by atoms with van der Waals surface area (Å²) in [4.78, 5) is 29.2. The van der Waals surface area contributed by atoms with Gasteiger partial charge in [-0.15, -0.1) is 0 Å². The molecule has 6 nitrogen and oxygen atoms in total. The second kappa shape index (κ2) is 8.25. The molecule has 2 amide bonds. The molecule has 0 atom stereocenters. The maximum absolute atomic E-state index is 12.5. The van der Waals surface area contributed by atoms with Gasteiger partial charge in [-0.2, -0.15) is 0 Å². The van der Waals surface area contributed by atoms with E-state index in [1.807, 2.05) is 35.0 Å². The summed E-state index contributed by atoms with van der Waals surface area (Å²) in [5.74, 6) is -0.0222. The van der Waals surface area contributed by atoms with Crippen molar-refractivity contribution in [1.82, 2.24) is 14.7 Å². The third kappa shape index (κ3) is 4.22. The Kier molecular flexibility index (Phi) is 5.37. The fourth-order valence-corrected chi connectivity index (χ4v) is 3.69. The SMILES string of the molecule is O=C(NCc1ccn2ccnc2c1)c1cccc(NC(=O)C2CCCCC2)c1. The van der Waals surface area contributed by atoms with Crippen LogP contribution in [0.25, 0.3) is 5.65 Å². The van der Waals surface area contributed by atoms with Crippen LogP contribution in [-0.2, 0) is 11.3 Å². The van der Waals surface area contributed by atoms with Crippen molar-refractivity contribution in [3.63, 3.8) is 0 Å². The first kappa shape index (κ1) is 18.2. The van der Waals surface area contributed by atoms with Gasteiger partial charge in [-0.1, -0.05) is 25.3 Å². The number of benzene rings is 1. The standard InChI is InChI=1S/C22H24N4O2/c27-21(24-15-16-9-11-26-12-10-23-20(26)13-16)18-7-4-8-19(14-18)25-22(28)17-5-2-1-3-6-17/h4,7-14,17H,1-3,5-6,15H2,(H,24,27)(H,25,28). The predicted octanol–water partition coefficient (Wildman–Crippen LogP) is 3.78. The van der Waals surface area contributed by atoms with Gasteiger partial charge in [0.05, 0.1) is 0 Å². The van der Waals surface area contributed by atoms with Crippen LogP contribution in [0, 0.1) is 5.92 Å². The molecule has 1 aromatic carbocycles. The molecule has 1 aliphatic carbocycles. The van der Waals surface area contributed by atoms with E-state index < -0.39 is 0 Å². The van der Waals surface area contributed by atoms with Crippen molar-refractivity contribution in [3.05, 3.63) is 66.1 Å². The van der Waals surface area contributed by atoms with E-state index in [9.17, 15) is 9.59 Å². The van der Waals surface area contributed by atoms with Crippen molar-refractivity contribution < 1.29 is 9.59 Å². The number of nitrogens with zero attached hydrogens (tertiary/aromatic N) is 2. The van der Waals surface area contributed by atoms with E-state index >= 15 is 0 Å². The zero-order valence-electron chi connectivity index (χ0n) is 15.7. The molecule has 2 N–H and O–H groups in total. The highest BCUT2D eigenvalue weighted by atomic mass is 16.2. The Hall–Kier alpha value is -3.15. The average molecular weight is 376 g/mol. The van der Waals surface area contributed by atoms with Gasteiger partial charge >= 0.3 is 0 Å². The fraction of sp³-hybridized carbons (Fsp3) is 0.318. The summed E-state index contributed by atoms with van der Waals surface area (Å²) in [5.41, 5.74) is 3.03. The molecule has 1 aliphatic rings. The second-order valence-electron chi connectivity index (χ2n) is 7.32. The molecule has 2 heterocycles. The number of pyridine rings is 1. The Morgan fingerprint density at radius 3 is 2.79 bits per heavy atom. The zero-order valence-corrected chi connectivity index (χ0v) is 15.7. The van der Waals surface area contributed by atoms with E-state index in [1.165, 1.54) is 6.42 Å². The van der Waals surface area contributed by atoms with Crippen molar-refractivity contribution in [3.8, 4) is 0 Å². The molecular formula is C22H24N4O2. The first-order chi connectivity index (χ1) is 13.7. The molecule has 3 aromatic rings. The summed E-state index contributed by atoms with van der Waals surface area (Å²) in [5, 5.41) is 5.90. The monoisotopic (exact) mass is 376 g/mol. The van der Waals surface area contributed by atoms with Crippen LogP contribution in [0.4, 0.5) is 5.69 Å². The lowest BCUT2D eigenvalue weighted by Gasteiger charge is -2.20. The number of carbonyl (C=O) groups is 2. The summed E-state index contributed by atoms with van der Waals surface area (Å²) >= 11 is 0. The van der Waals surface area contributed by atoms with Gasteiger partial charge in [0.2, 0.25) is 5.91 Å². The number of hydrogen-bond acceptors (Lipinski definition) is 3. The van der Waals surface area contributed by atoms with Crippen LogP contribution in [0.3, 0.4) is 0 Å². The molecule has 144 valence electrons. The number of imidazole rings is 1.